The van der Waals surface area contributed by atoms with Crippen LogP contribution in [0.1, 0.15) is 34.2 Å². The molecule has 1 unspecified atom stereocenters. The summed E-state index contributed by atoms with van der Waals surface area (Å²) in [4.78, 5) is 16.5. The van der Waals surface area contributed by atoms with Gasteiger partial charge in [-0.2, -0.15) is 0 Å². The number of rotatable bonds is 5. The van der Waals surface area contributed by atoms with Gasteiger partial charge in [-0.1, -0.05) is 12.1 Å². The molecule has 1 aromatic heterocycles. The van der Waals surface area contributed by atoms with Gasteiger partial charge in [-0.25, -0.2) is 9.37 Å². The number of nitrogens with one attached hydrogen (secondary N) is 1. The molecule has 5 nitrogen and oxygen atoms in total. The molecule has 0 saturated carbocycles. The lowest BCUT2D eigenvalue weighted by atomic mass is 9.92. The van der Waals surface area contributed by atoms with Crippen LogP contribution >= 0.6 is 0 Å². The zero-order valence-electron chi connectivity index (χ0n) is 13.1. The van der Waals surface area contributed by atoms with E-state index in [1.54, 1.807) is 13.3 Å². The van der Waals surface area contributed by atoms with Crippen LogP contribution in [0.25, 0.3) is 0 Å². The van der Waals surface area contributed by atoms with Gasteiger partial charge in [-0.3, -0.25) is 4.79 Å². The number of benzene rings is 1. The van der Waals surface area contributed by atoms with Crippen molar-refractivity contribution in [2.45, 2.75) is 25.3 Å². The van der Waals surface area contributed by atoms with Gasteiger partial charge in [-0.05, 0) is 24.1 Å². The molecule has 23 heavy (non-hydrogen) atoms. The van der Waals surface area contributed by atoms with Gasteiger partial charge in [0.05, 0.1) is 6.61 Å². The van der Waals surface area contributed by atoms with Gasteiger partial charge in [0.25, 0.3) is 5.91 Å². The first-order valence-electron chi connectivity index (χ1n) is 7.76. The molecule has 122 valence electrons. The van der Waals surface area contributed by atoms with Crippen molar-refractivity contribution in [1.29, 1.82) is 0 Å². The number of carbonyl (C=O) groups is 1. The predicted octanol–water partition coefficient (Wildman–Crippen LogP) is 2.13. The molecule has 2 heterocycles. The number of halogens is 1. The Morgan fingerprint density at radius 2 is 2.22 bits per heavy atom. The van der Waals surface area contributed by atoms with Crippen LogP contribution in [0.2, 0.25) is 0 Å². The van der Waals surface area contributed by atoms with Crippen LogP contribution in [-0.4, -0.2) is 35.7 Å². The summed E-state index contributed by atoms with van der Waals surface area (Å²) in [7, 11) is 1.59. The lowest BCUT2D eigenvalue weighted by Gasteiger charge is -2.24. The van der Waals surface area contributed by atoms with Crippen molar-refractivity contribution < 1.29 is 13.9 Å². The Morgan fingerprint density at radius 1 is 1.43 bits per heavy atom. The standard InChI is InChI=1S/C17H20FN3O2/c1-23-9-8-19-17(22)15-11-21-10-13(4-7-16(21)20-15)12-2-5-14(18)6-3-12/h2-3,5-6,11,13H,4,7-10H2,1H3,(H,19,22). The number of imidazole rings is 1. The van der Waals surface area contributed by atoms with Gasteiger partial charge in [0.2, 0.25) is 0 Å². The van der Waals surface area contributed by atoms with Gasteiger partial charge in [-0.15, -0.1) is 0 Å². The fraction of sp³-hybridized carbons (Fsp3) is 0.412. The molecule has 3 rings (SSSR count). The lowest BCUT2D eigenvalue weighted by Crippen LogP contribution is -2.27. The summed E-state index contributed by atoms with van der Waals surface area (Å²) in [6.07, 6.45) is 3.56. The van der Waals surface area contributed by atoms with E-state index in [0.29, 0.717) is 24.8 Å². The van der Waals surface area contributed by atoms with E-state index in [1.165, 1.54) is 12.1 Å². The topological polar surface area (TPSA) is 56.1 Å². The van der Waals surface area contributed by atoms with Crippen molar-refractivity contribution in [3.8, 4) is 0 Å². The molecule has 1 amide bonds. The maximum atomic E-state index is 13.0. The third-order valence-corrected chi connectivity index (χ3v) is 4.16. The van der Waals surface area contributed by atoms with Crippen LogP contribution < -0.4 is 5.32 Å². The van der Waals surface area contributed by atoms with Crippen LogP contribution in [0.3, 0.4) is 0 Å². The number of nitrogens with zero attached hydrogens (tertiary/aromatic N) is 2. The molecule has 0 bridgehead atoms. The number of amides is 1. The average molecular weight is 317 g/mol. The maximum absolute atomic E-state index is 13.0. The summed E-state index contributed by atoms with van der Waals surface area (Å²) in [5.41, 5.74) is 1.56. The summed E-state index contributed by atoms with van der Waals surface area (Å²) in [6, 6.07) is 6.65. The predicted molar refractivity (Wildman–Crippen MR) is 83.9 cm³/mol. The minimum Gasteiger partial charge on any atom is -0.383 e. The summed E-state index contributed by atoms with van der Waals surface area (Å²) in [5, 5.41) is 2.78. The van der Waals surface area contributed by atoms with Gasteiger partial charge in [0.15, 0.2) is 0 Å². The van der Waals surface area contributed by atoms with E-state index in [2.05, 4.69) is 10.3 Å². The van der Waals surface area contributed by atoms with E-state index in [1.807, 2.05) is 16.7 Å². The lowest BCUT2D eigenvalue weighted by molar-refractivity contribution is 0.0932. The molecular weight excluding hydrogens is 297 g/mol. The average Bonchev–Trinajstić information content (AvgIpc) is 2.99. The van der Waals surface area contributed by atoms with Crippen LogP contribution in [0, 0.1) is 5.82 Å². The first-order chi connectivity index (χ1) is 11.2. The fourth-order valence-corrected chi connectivity index (χ4v) is 2.92. The number of aromatic nitrogens is 2. The molecule has 0 spiro atoms. The van der Waals surface area contributed by atoms with Gasteiger partial charge in [0, 0.05) is 38.7 Å². The monoisotopic (exact) mass is 317 g/mol. The highest BCUT2D eigenvalue weighted by Gasteiger charge is 2.23. The quantitative estimate of drug-likeness (QED) is 0.860. The molecule has 1 aliphatic heterocycles. The van der Waals surface area contributed by atoms with Crippen molar-refractivity contribution in [3.05, 3.63) is 53.4 Å². The van der Waals surface area contributed by atoms with Crippen molar-refractivity contribution in [2.75, 3.05) is 20.3 Å². The molecule has 0 radical (unpaired) electrons. The van der Waals surface area contributed by atoms with Crippen molar-refractivity contribution in [1.82, 2.24) is 14.9 Å². The Hall–Kier alpha value is -2.21. The van der Waals surface area contributed by atoms with E-state index in [0.717, 1.165) is 30.8 Å². The molecule has 0 aliphatic carbocycles. The van der Waals surface area contributed by atoms with Gasteiger partial charge < -0.3 is 14.6 Å². The third-order valence-electron chi connectivity index (χ3n) is 4.16. The number of hydrogen-bond donors (Lipinski definition) is 1. The minimum absolute atomic E-state index is 0.178. The van der Waals surface area contributed by atoms with E-state index in [9.17, 15) is 9.18 Å². The van der Waals surface area contributed by atoms with Crippen molar-refractivity contribution >= 4 is 5.91 Å². The van der Waals surface area contributed by atoms with Crippen molar-refractivity contribution in [2.24, 2.45) is 0 Å². The van der Waals surface area contributed by atoms with E-state index in [-0.39, 0.29) is 11.7 Å². The Balaban J connectivity index is 1.69. The number of hydrogen-bond acceptors (Lipinski definition) is 3. The largest absolute Gasteiger partial charge is 0.383 e. The first kappa shape index (κ1) is 15.7. The van der Waals surface area contributed by atoms with Gasteiger partial charge in [0.1, 0.15) is 17.3 Å². The van der Waals surface area contributed by atoms with Crippen LogP contribution in [0.15, 0.2) is 30.5 Å². The molecule has 1 N–H and O–H groups in total. The van der Waals surface area contributed by atoms with Crippen LogP contribution in [-0.2, 0) is 17.7 Å². The Kier molecular flexibility index (Phi) is 4.71. The molecule has 0 fully saturated rings. The zero-order valence-corrected chi connectivity index (χ0v) is 13.1. The van der Waals surface area contributed by atoms with E-state index < -0.39 is 0 Å². The number of aryl methyl sites for hydroxylation is 1. The molecule has 1 aromatic carbocycles. The zero-order chi connectivity index (χ0) is 16.2. The summed E-state index contributed by atoms with van der Waals surface area (Å²) < 4.78 is 20.0. The summed E-state index contributed by atoms with van der Waals surface area (Å²) >= 11 is 0. The highest BCUT2D eigenvalue weighted by atomic mass is 19.1. The minimum atomic E-state index is -0.220. The molecule has 0 saturated heterocycles. The Bertz CT molecular complexity index is 682. The third kappa shape index (κ3) is 3.59. The van der Waals surface area contributed by atoms with Crippen molar-refractivity contribution in [3.63, 3.8) is 0 Å². The van der Waals surface area contributed by atoms with E-state index >= 15 is 0 Å². The number of ether oxygens (including phenoxy) is 1. The second-order valence-corrected chi connectivity index (χ2v) is 5.73. The second-order valence-electron chi connectivity index (χ2n) is 5.73. The molecule has 6 heteroatoms. The summed E-state index contributed by atoms with van der Waals surface area (Å²) in [6.45, 7) is 1.71. The number of carbonyl (C=O) groups excluding carboxylic acids is 1. The Labute approximate surface area is 134 Å². The molecule has 2 aromatic rings. The SMILES string of the molecule is COCCNC(=O)c1cn2c(n1)CCC(c1ccc(F)cc1)C2. The normalized spacial score (nSPS) is 16.9. The summed E-state index contributed by atoms with van der Waals surface area (Å²) in [5.74, 6) is 0.854. The smallest absolute Gasteiger partial charge is 0.271 e. The molecule has 1 atom stereocenters. The number of methoxy groups -OCH3 is 1. The molecule has 1 aliphatic rings. The molecular formula is C17H20FN3O2. The second kappa shape index (κ2) is 6.91. The maximum Gasteiger partial charge on any atom is 0.271 e. The van der Waals surface area contributed by atoms with Crippen LogP contribution in [0.4, 0.5) is 4.39 Å². The first-order valence-corrected chi connectivity index (χ1v) is 7.76. The fourth-order valence-electron chi connectivity index (χ4n) is 2.92. The van der Waals surface area contributed by atoms with E-state index in [4.69, 9.17) is 4.74 Å². The van der Waals surface area contributed by atoms with Gasteiger partial charge >= 0.3 is 0 Å². The number of fused-ring (bicyclic) bond motifs is 1. The Morgan fingerprint density at radius 3 is 2.96 bits per heavy atom. The highest BCUT2D eigenvalue weighted by molar-refractivity contribution is 5.92. The van der Waals surface area contributed by atoms with Crippen LogP contribution in [0.5, 0.6) is 0 Å². The highest BCUT2D eigenvalue weighted by Crippen LogP contribution is 2.28.